The van der Waals surface area contributed by atoms with Crippen molar-refractivity contribution in [3.8, 4) is 0 Å². The zero-order valence-corrected chi connectivity index (χ0v) is 8.10. The Morgan fingerprint density at radius 1 is 1.07 bits per heavy atom. The Kier molecular flexibility index (Phi) is 3.05. The van der Waals surface area contributed by atoms with E-state index in [0.717, 1.165) is 24.3 Å². The van der Waals surface area contributed by atoms with Gasteiger partial charge in [-0.25, -0.2) is 13.5 Å². The van der Waals surface area contributed by atoms with Crippen molar-refractivity contribution in [1.29, 1.82) is 0 Å². The first-order valence-electron chi connectivity index (χ1n) is 3.77. The van der Waals surface area contributed by atoms with E-state index in [1.54, 1.807) is 0 Å². The molecule has 0 spiro atoms. The minimum atomic E-state index is -5.31. The molecule has 7 heteroatoms. The molecule has 83 valence electrons. The first kappa shape index (κ1) is 12.0. The molecule has 0 saturated carbocycles. The Morgan fingerprint density at radius 2 is 1.53 bits per heavy atom. The molecule has 0 aliphatic carbocycles. The highest BCUT2D eigenvalue weighted by molar-refractivity contribution is 7.92. The quantitative estimate of drug-likeness (QED) is 0.791. The molecule has 0 amide bonds. The van der Waals surface area contributed by atoms with Crippen LogP contribution >= 0.6 is 0 Å². The third-order valence-corrected chi connectivity index (χ3v) is 3.21. The second-order valence-electron chi connectivity index (χ2n) is 2.74. The summed E-state index contributed by atoms with van der Waals surface area (Å²) < 4.78 is 57.9. The van der Waals surface area contributed by atoms with Crippen LogP contribution in [-0.4, -0.2) is 13.9 Å². The third-order valence-electron chi connectivity index (χ3n) is 1.71. The lowest BCUT2D eigenvalue weighted by molar-refractivity contribution is -0.0436. The summed E-state index contributed by atoms with van der Waals surface area (Å²) in [5, 5.41) is 10.3. The van der Waals surface area contributed by atoms with E-state index in [0.29, 0.717) is 0 Å². The molecular formula is C8H6F3O3S. The predicted molar refractivity (Wildman–Crippen MR) is 44.1 cm³/mol. The van der Waals surface area contributed by atoms with Gasteiger partial charge in [0.15, 0.2) is 0 Å². The van der Waals surface area contributed by atoms with Gasteiger partial charge in [-0.1, -0.05) is 12.1 Å². The Balaban J connectivity index is 3.18. The first-order valence-corrected chi connectivity index (χ1v) is 5.26. The number of alkyl halides is 3. The standard InChI is InChI=1S/C8H6F3O3S/c9-8(10,11)15(13,14)7-3-1-6(5-12)2-4-7/h1-4H,5H2. The molecule has 1 aromatic carbocycles. The predicted octanol–water partition coefficient (Wildman–Crippen LogP) is 1.91. The average Bonchev–Trinajstić information content (AvgIpc) is 2.16. The zero-order chi connectivity index (χ0) is 11.7. The van der Waals surface area contributed by atoms with Gasteiger partial charge in [0.1, 0.15) is 6.61 Å². The Hall–Kier alpha value is -1.08. The fourth-order valence-corrected chi connectivity index (χ4v) is 1.66. The van der Waals surface area contributed by atoms with Crippen LogP contribution in [0.1, 0.15) is 5.56 Å². The smallest absolute Gasteiger partial charge is 0.232 e. The number of halogens is 3. The van der Waals surface area contributed by atoms with Crippen molar-refractivity contribution in [2.45, 2.75) is 17.0 Å². The van der Waals surface area contributed by atoms with Crippen LogP contribution < -0.4 is 0 Å². The van der Waals surface area contributed by atoms with Crippen LogP contribution in [0.2, 0.25) is 0 Å². The van der Waals surface area contributed by atoms with Crippen LogP contribution in [0.25, 0.3) is 0 Å². The summed E-state index contributed by atoms with van der Waals surface area (Å²) in [4.78, 5) is -0.854. The molecule has 0 aliphatic heterocycles. The second kappa shape index (κ2) is 3.82. The van der Waals surface area contributed by atoms with Gasteiger partial charge in [0.2, 0.25) is 0 Å². The first-order chi connectivity index (χ1) is 6.79. The SMILES string of the molecule is [O]Cc1ccc(S(=O)(=O)C(F)(F)F)cc1. The molecule has 0 saturated heterocycles. The van der Waals surface area contributed by atoms with E-state index in [9.17, 15) is 26.7 Å². The molecule has 1 aromatic rings. The van der Waals surface area contributed by atoms with Gasteiger partial charge in [-0.15, -0.1) is 0 Å². The number of rotatable bonds is 2. The molecule has 15 heavy (non-hydrogen) atoms. The Morgan fingerprint density at radius 3 is 1.87 bits per heavy atom. The van der Waals surface area contributed by atoms with Gasteiger partial charge in [-0.2, -0.15) is 13.2 Å². The van der Waals surface area contributed by atoms with Crippen LogP contribution in [0, 0.1) is 0 Å². The topological polar surface area (TPSA) is 54.0 Å². The molecule has 0 aromatic heterocycles. The van der Waals surface area contributed by atoms with Crippen LogP contribution in [-0.2, 0) is 21.6 Å². The fraction of sp³-hybridized carbons (Fsp3) is 0.250. The monoisotopic (exact) mass is 239 g/mol. The Bertz CT molecular complexity index is 433. The van der Waals surface area contributed by atoms with E-state index in [4.69, 9.17) is 0 Å². The molecule has 0 unspecified atom stereocenters. The van der Waals surface area contributed by atoms with Gasteiger partial charge in [-0.05, 0) is 17.7 Å². The lowest BCUT2D eigenvalue weighted by atomic mass is 10.2. The van der Waals surface area contributed by atoms with Crippen LogP contribution in [0.3, 0.4) is 0 Å². The van der Waals surface area contributed by atoms with E-state index in [1.807, 2.05) is 0 Å². The maximum absolute atomic E-state index is 12.1. The van der Waals surface area contributed by atoms with Crippen LogP contribution in [0.15, 0.2) is 29.2 Å². The molecule has 0 N–H and O–H groups in total. The molecular weight excluding hydrogens is 233 g/mol. The highest BCUT2D eigenvalue weighted by Crippen LogP contribution is 2.30. The zero-order valence-electron chi connectivity index (χ0n) is 7.28. The maximum atomic E-state index is 12.1. The lowest BCUT2D eigenvalue weighted by Crippen LogP contribution is -2.23. The summed E-state index contributed by atoms with van der Waals surface area (Å²) >= 11 is 0. The summed E-state index contributed by atoms with van der Waals surface area (Å²) in [5.74, 6) is 0. The number of hydrogen-bond acceptors (Lipinski definition) is 2. The van der Waals surface area contributed by atoms with Crippen molar-refractivity contribution in [3.63, 3.8) is 0 Å². The third kappa shape index (κ3) is 2.29. The van der Waals surface area contributed by atoms with E-state index >= 15 is 0 Å². The number of sulfone groups is 1. The Labute approximate surface area is 84.1 Å². The van der Waals surface area contributed by atoms with Crippen molar-refractivity contribution >= 4 is 9.84 Å². The number of hydrogen-bond donors (Lipinski definition) is 0. The molecule has 0 fully saturated rings. The van der Waals surface area contributed by atoms with Gasteiger partial charge in [0, 0.05) is 0 Å². The van der Waals surface area contributed by atoms with Crippen LogP contribution in [0.5, 0.6) is 0 Å². The summed E-state index contributed by atoms with van der Waals surface area (Å²) in [5.41, 5.74) is -5.08. The number of benzene rings is 1. The largest absolute Gasteiger partial charge is 0.501 e. The van der Waals surface area contributed by atoms with Crippen LogP contribution in [0.4, 0.5) is 13.2 Å². The van der Waals surface area contributed by atoms with Crippen molar-refractivity contribution in [3.05, 3.63) is 29.8 Å². The van der Waals surface area contributed by atoms with E-state index < -0.39 is 26.8 Å². The van der Waals surface area contributed by atoms with Crippen molar-refractivity contribution in [1.82, 2.24) is 0 Å². The molecule has 0 bridgehead atoms. The minimum Gasteiger partial charge on any atom is -0.232 e. The van der Waals surface area contributed by atoms with Crippen molar-refractivity contribution in [2.75, 3.05) is 0 Å². The van der Waals surface area contributed by atoms with Gasteiger partial charge >= 0.3 is 5.51 Å². The molecule has 0 atom stereocenters. The molecule has 3 nitrogen and oxygen atoms in total. The van der Waals surface area contributed by atoms with Gasteiger partial charge in [-0.3, -0.25) is 0 Å². The maximum Gasteiger partial charge on any atom is 0.501 e. The highest BCUT2D eigenvalue weighted by Gasteiger charge is 2.46. The summed E-state index contributed by atoms with van der Waals surface area (Å²) in [6, 6.07) is 3.67. The fourth-order valence-electron chi connectivity index (χ4n) is 0.898. The van der Waals surface area contributed by atoms with Crippen molar-refractivity contribution < 1.29 is 26.7 Å². The van der Waals surface area contributed by atoms with Crippen molar-refractivity contribution in [2.24, 2.45) is 0 Å². The van der Waals surface area contributed by atoms with E-state index in [2.05, 4.69) is 0 Å². The van der Waals surface area contributed by atoms with E-state index in [1.165, 1.54) is 0 Å². The summed E-state index contributed by atoms with van der Waals surface area (Å²) in [6.07, 6.45) is 0. The average molecular weight is 239 g/mol. The molecule has 1 rings (SSSR count). The highest BCUT2D eigenvalue weighted by atomic mass is 32.2. The minimum absolute atomic E-state index is 0.233. The van der Waals surface area contributed by atoms with Gasteiger partial charge in [0.05, 0.1) is 4.90 Å². The van der Waals surface area contributed by atoms with Gasteiger partial charge < -0.3 is 0 Å². The molecule has 0 aliphatic rings. The summed E-state index contributed by atoms with van der Waals surface area (Å²) in [7, 11) is -5.30. The molecule has 1 radical (unpaired) electrons. The lowest BCUT2D eigenvalue weighted by Gasteiger charge is -2.07. The summed E-state index contributed by atoms with van der Waals surface area (Å²) in [6.45, 7) is -0.605. The van der Waals surface area contributed by atoms with E-state index in [-0.39, 0.29) is 5.56 Å². The molecule has 0 heterocycles. The second-order valence-corrected chi connectivity index (χ2v) is 4.68. The van der Waals surface area contributed by atoms with Gasteiger partial charge in [0.25, 0.3) is 9.84 Å². The normalized spacial score (nSPS) is 12.8.